The van der Waals surface area contributed by atoms with Gasteiger partial charge < -0.3 is 10.1 Å². The molecule has 1 amide bonds. The van der Waals surface area contributed by atoms with E-state index in [1.807, 2.05) is 0 Å². The highest BCUT2D eigenvalue weighted by atomic mass is 35.5. The summed E-state index contributed by atoms with van der Waals surface area (Å²) in [4.78, 5) is 38.3. The first-order valence-electron chi connectivity index (χ1n) is 8.53. The van der Waals surface area contributed by atoms with Crippen molar-refractivity contribution in [2.24, 2.45) is 5.92 Å². The van der Waals surface area contributed by atoms with Crippen LogP contribution in [0.4, 0.5) is 5.69 Å². The normalized spacial score (nSPS) is 13.2. The molecule has 0 bridgehead atoms. The molecule has 1 aliphatic rings. The van der Waals surface area contributed by atoms with E-state index < -0.39 is 0 Å². The van der Waals surface area contributed by atoms with Gasteiger partial charge in [-0.15, -0.1) is 11.3 Å². The van der Waals surface area contributed by atoms with Crippen LogP contribution in [0.15, 0.2) is 36.7 Å². The van der Waals surface area contributed by atoms with Crippen molar-refractivity contribution in [1.29, 1.82) is 0 Å². The second-order valence-corrected chi connectivity index (χ2v) is 7.69. The number of hydrogen-bond donors (Lipinski definition) is 1. The lowest BCUT2D eigenvalue weighted by Gasteiger charge is -2.04. The number of thiazole rings is 1. The molecule has 1 aliphatic carbocycles. The third-order valence-corrected chi connectivity index (χ3v) is 5.53. The predicted molar refractivity (Wildman–Crippen MR) is 106 cm³/mol. The predicted octanol–water partition coefficient (Wildman–Crippen LogP) is 4.11. The highest BCUT2D eigenvalue weighted by Crippen LogP contribution is 2.36. The van der Waals surface area contributed by atoms with Crippen LogP contribution in [0.3, 0.4) is 0 Å². The number of ether oxygens (including phenoxy) is 1. The Morgan fingerprint density at radius 3 is 2.46 bits per heavy atom. The first kappa shape index (κ1) is 18.5. The number of rotatable bonds is 6. The molecule has 2 heterocycles. The molecule has 1 saturated carbocycles. The summed E-state index contributed by atoms with van der Waals surface area (Å²) in [5.74, 6) is -0.535. The topological polar surface area (TPSA) is 94.1 Å². The van der Waals surface area contributed by atoms with Gasteiger partial charge in [-0.1, -0.05) is 11.6 Å². The van der Waals surface area contributed by atoms with Crippen molar-refractivity contribution in [1.82, 2.24) is 15.0 Å². The summed E-state index contributed by atoms with van der Waals surface area (Å²) in [6.45, 7) is 0. The Balaban J connectivity index is 1.67. The first-order chi connectivity index (χ1) is 13.5. The van der Waals surface area contributed by atoms with E-state index in [9.17, 15) is 9.59 Å². The average molecular weight is 415 g/mol. The molecule has 0 unspecified atom stereocenters. The standard InChI is InChI=1S/C19H15ClN4O3S/c1-27-19-21-8-11(9-22-19)18-24-14(15(25)10-2-3-10)16(28-18)17(26)23-13-6-4-12(20)5-7-13/h4-10H,2-3H2,1H3,(H,23,26). The van der Waals surface area contributed by atoms with E-state index in [-0.39, 0.29) is 34.2 Å². The van der Waals surface area contributed by atoms with Crippen molar-refractivity contribution < 1.29 is 14.3 Å². The van der Waals surface area contributed by atoms with Crippen molar-refractivity contribution in [2.45, 2.75) is 12.8 Å². The van der Waals surface area contributed by atoms with Gasteiger partial charge in [0.2, 0.25) is 0 Å². The van der Waals surface area contributed by atoms with Crippen molar-refractivity contribution in [3.8, 4) is 16.6 Å². The SMILES string of the molecule is COc1ncc(-c2nc(C(=O)C3CC3)c(C(=O)Nc3ccc(Cl)cc3)s2)cn1. The van der Waals surface area contributed by atoms with Crippen molar-refractivity contribution >= 4 is 40.3 Å². The summed E-state index contributed by atoms with van der Waals surface area (Å²) in [5.41, 5.74) is 1.40. The van der Waals surface area contributed by atoms with Gasteiger partial charge in [-0.2, -0.15) is 0 Å². The smallest absolute Gasteiger partial charge is 0.316 e. The fourth-order valence-electron chi connectivity index (χ4n) is 2.56. The fraction of sp³-hybridized carbons (Fsp3) is 0.211. The number of benzene rings is 1. The van der Waals surface area contributed by atoms with Gasteiger partial charge in [-0.3, -0.25) is 9.59 Å². The molecular formula is C19H15ClN4O3S. The summed E-state index contributed by atoms with van der Waals surface area (Å²) >= 11 is 7.02. The van der Waals surface area contributed by atoms with Gasteiger partial charge in [0.1, 0.15) is 15.6 Å². The summed E-state index contributed by atoms with van der Waals surface area (Å²) in [6.07, 6.45) is 4.76. The summed E-state index contributed by atoms with van der Waals surface area (Å²) in [6, 6.07) is 6.99. The number of anilines is 1. The molecule has 3 aromatic rings. The first-order valence-corrected chi connectivity index (χ1v) is 9.73. The van der Waals surface area contributed by atoms with E-state index in [0.29, 0.717) is 21.3 Å². The highest BCUT2D eigenvalue weighted by molar-refractivity contribution is 7.17. The van der Waals surface area contributed by atoms with Gasteiger partial charge in [-0.05, 0) is 37.1 Å². The summed E-state index contributed by atoms with van der Waals surface area (Å²) < 4.78 is 4.96. The molecule has 28 heavy (non-hydrogen) atoms. The Morgan fingerprint density at radius 2 is 1.86 bits per heavy atom. The Hall–Kier alpha value is -2.84. The maximum absolute atomic E-state index is 12.8. The number of ketones is 1. The van der Waals surface area contributed by atoms with E-state index in [1.165, 1.54) is 7.11 Å². The number of methoxy groups -OCH3 is 1. The molecule has 0 aliphatic heterocycles. The molecule has 2 aromatic heterocycles. The minimum Gasteiger partial charge on any atom is -0.467 e. The summed E-state index contributed by atoms with van der Waals surface area (Å²) in [5, 5.41) is 3.87. The lowest BCUT2D eigenvalue weighted by molar-refractivity contribution is 0.0950. The minimum atomic E-state index is -0.385. The number of amides is 1. The van der Waals surface area contributed by atoms with E-state index >= 15 is 0 Å². The number of nitrogens with one attached hydrogen (secondary N) is 1. The molecule has 1 fully saturated rings. The van der Waals surface area contributed by atoms with Gasteiger partial charge in [0.15, 0.2) is 5.78 Å². The van der Waals surface area contributed by atoms with Crippen molar-refractivity contribution in [2.75, 3.05) is 12.4 Å². The number of carbonyl (C=O) groups is 2. The van der Waals surface area contributed by atoms with Crippen LogP contribution in [0.5, 0.6) is 6.01 Å². The van der Waals surface area contributed by atoms with E-state index in [1.54, 1.807) is 36.7 Å². The highest BCUT2D eigenvalue weighted by Gasteiger charge is 2.35. The van der Waals surface area contributed by atoms with Crippen molar-refractivity contribution in [3.05, 3.63) is 52.3 Å². The molecule has 7 nitrogen and oxygen atoms in total. The molecule has 1 aromatic carbocycles. The molecular weight excluding hydrogens is 400 g/mol. The Bertz CT molecular complexity index is 1030. The van der Waals surface area contributed by atoms with Gasteiger partial charge in [-0.25, -0.2) is 15.0 Å². The Morgan fingerprint density at radius 1 is 1.18 bits per heavy atom. The number of aromatic nitrogens is 3. The molecule has 0 saturated heterocycles. The van der Waals surface area contributed by atoms with Crippen LogP contribution >= 0.6 is 22.9 Å². The van der Waals surface area contributed by atoms with Crippen LogP contribution < -0.4 is 10.1 Å². The lowest BCUT2D eigenvalue weighted by Crippen LogP contribution is -2.15. The van der Waals surface area contributed by atoms with E-state index in [0.717, 1.165) is 24.2 Å². The number of hydrogen-bond acceptors (Lipinski definition) is 7. The third-order valence-electron chi connectivity index (χ3n) is 4.17. The molecule has 9 heteroatoms. The maximum Gasteiger partial charge on any atom is 0.316 e. The summed E-state index contributed by atoms with van der Waals surface area (Å²) in [7, 11) is 1.48. The van der Waals surface area contributed by atoms with Crippen LogP contribution in [-0.4, -0.2) is 33.8 Å². The van der Waals surface area contributed by atoms with Crippen LogP contribution in [0, 0.1) is 5.92 Å². The number of carbonyl (C=O) groups excluding carboxylic acids is 2. The zero-order valence-electron chi connectivity index (χ0n) is 14.8. The molecule has 142 valence electrons. The monoisotopic (exact) mass is 414 g/mol. The van der Waals surface area contributed by atoms with Crippen LogP contribution in [0.2, 0.25) is 5.02 Å². The second-order valence-electron chi connectivity index (χ2n) is 6.25. The molecule has 4 rings (SSSR count). The second kappa shape index (κ2) is 7.65. The average Bonchev–Trinajstić information content (AvgIpc) is 3.47. The van der Waals surface area contributed by atoms with Gasteiger partial charge in [0.05, 0.1) is 7.11 Å². The van der Waals surface area contributed by atoms with Crippen LogP contribution in [-0.2, 0) is 0 Å². The van der Waals surface area contributed by atoms with Crippen LogP contribution in [0.1, 0.15) is 33.0 Å². The zero-order chi connectivity index (χ0) is 19.7. The van der Waals surface area contributed by atoms with Crippen LogP contribution in [0.25, 0.3) is 10.6 Å². The number of halogens is 1. The van der Waals surface area contributed by atoms with Gasteiger partial charge in [0.25, 0.3) is 5.91 Å². The molecule has 0 radical (unpaired) electrons. The van der Waals surface area contributed by atoms with E-state index in [2.05, 4.69) is 20.3 Å². The van der Waals surface area contributed by atoms with E-state index in [4.69, 9.17) is 16.3 Å². The molecule has 0 atom stereocenters. The third kappa shape index (κ3) is 3.88. The molecule has 1 N–H and O–H groups in total. The maximum atomic E-state index is 12.8. The largest absolute Gasteiger partial charge is 0.467 e. The number of nitrogens with zero attached hydrogens (tertiary/aromatic N) is 3. The fourth-order valence-corrected chi connectivity index (χ4v) is 3.62. The van der Waals surface area contributed by atoms with Gasteiger partial charge >= 0.3 is 6.01 Å². The van der Waals surface area contributed by atoms with Crippen molar-refractivity contribution in [3.63, 3.8) is 0 Å². The zero-order valence-corrected chi connectivity index (χ0v) is 16.4. The van der Waals surface area contributed by atoms with Gasteiger partial charge in [0, 0.05) is 34.6 Å². The Kier molecular flexibility index (Phi) is 5.06. The Labute approximate surface area is 169 Å². The molecule has 0 spiro atoms. The number of Topliss-reactive ketones (excluding diaryl/α,β-unsaturated/α-hetero) is 1. The quantitative estimate of drug-likeness (QED) is 0.610. The lowest BCUT2D eigenvalue weighted by atomic mass is 10.1. The minimum absolute atomic E-state index is 0.0517.